The minimum atomic E-state index is -0.301. The molecule has 2 aromatic carbocycles. The van der Waals surface area contributed by atoms with Gasteiger partial charge < -0.3 is 9.47 Å². The van der Waals surface area contributed by atoms with E-state index in [0.717, 1.165) is 6.42 Å². The van der Waals surface area contributed by atoms with Crippen LogP contribution in [0.2, 0.25) is 0 Å². The first-order valence-corrected chi connectivity index (χ1v) is 7.04. The van der Waals surface area contributed by atoms with Crippen molar-refractivity contribution >= 4 is 16.7 Å². The molecule has 0 amide bonds. The smallest absolute Gasteiger partial charge is 0.337 e. The summed E-state index contributed by atoms with van der Waals surface area (Å²) in [6.07, 6.45) is 2.47. The van der Waals surface area contributed by atoms with Crippen LogP contribution in [0.15, 0.2) is 54.3 Å². The maximum atomic E-state index is 11.8. The molecule has 0 heterocycles. The minimum absolute atomic E-state index is 0.193. The van der Waals surface area contributed by atoms with E-state index in [2.05, 4.69) is 30.3 Å². The summed E-state index contributed by atoms with van der Waals surface area (Å²) in [5.74, 6) is 0.263. The van der Waals surface area contributed by atoms with Gasteiger partial charge in [-0.3, -0.25) is 0 Å². The van der Waals surface area contributed by atoms with Crippen LogP contribution in [0, 0.1) is 5.92 Å². The Bertz CT molecular complexity index is 702. The molecule has 0 aromatic heterocycles. The molecule has 0 aliphatic heterocycles. The first-order chi connectivity index (χ1) is 10.2. The Hall–Kier alpha value is -2.29. The predicted molar refractivity (Wildman–Crippen MR) is 81.9 cm³/mol. The second-order valence-electron chi connectivity index (χ2n) is 5.36. The number of ether oxygens (including phenoxy) is 2. The Balaban J connectivity index is 1.85. The quantitative estimate of drug-likeness (QED) is 0.488. The van der Waals surface area contributed by atoms with Crippen LogP contribution < -0.4 is 0 Å². The van der Waals surface area contributed by atoms with Gasteiger partial charge in [0.2, 0.25) is 0 Å². The van der Waals surface area contributed by atoms with E-state index < -0.39 is 0 Å². The van der Waals surface area contributed by atoms with Crippen molar-refractivity contribution in [1.82, 2.24) is 0 Å². The lowest BCUT2D eigenvalue weighted by atomic mass is 10.0. The van der Waals surface area contributed by atoms with Gasteiger partial charge in [0, 0.05) is 5.92 Å². The van der Waals surface area contributed by atoms with Crippen LogP contribution in [0.3, 0.4) is 0 Å². The van der Waals surface area contributed by atoms with E-state index in [9.17, 15) is 4.79 Å². The molecule has 1 aliphatic rings. The molecule has 0 radical (unpaired) electrons. The fraction of sp³-hybridized carbons (Fsp3) is 0.278. The van der Waals surface area contributed by atoms with Gasteiger partial charge >= 0.3 is 5.97 Å². The SMILES string of the molecule is CO/C=C(\C(=O)OC)C1CC1c1ccc2ccccc2c1. The van der Waals surface area contributed by atoms with Gasteiger partial charge in [0.25, 0.3) is 0 Å². The second-order valence-corrected chi connectivity index (χ2v) is 5.36. The van der Waals surface area contributed by atoms with Crippen molar-refractivity contribution in [3.05, 3.63) is 59.9 Å². The van der Waals surface area contributed by atoms with E-state index in [1.807, 2.05) is 12.1 Å². The fourth-order valence-electron chi connectivity index (χ4n) is 2.88. The molecular formula is C18H18O3. The first-order valence-electron chi connectivity index (χ1n) is 7.04. The van der Waals surface area contributed by atoms with Crippen molar-refractivity contribution in [2.75, 3.05) is 14.2 Å². The highest BCUT2D eigenvalue weighted by Crippen LogP contribution is 2.52. The summed E-state index contributed by atoms with van der Waals surface area (Å²) in [6.45, 7) is 0. The van der Waals surface area contributed by atoms with Gasteiger partial charge in [0.1, 0.15) is 0 Å². The first kappa shape index (κ1) is 13.7. The number of rotatable bonds is 4. The monoisotopic (exact) mass is 282 g/mol. The molecule has 3 nitrogen and oxygen atoms in total. The van der Waals surface area contributed by atoms with Gasteiger partial charge in [-0.2, -0.15) is 0 Å². The summed E-state index contributed by atoms with van der Waals surface area (Å²) in [5.41, 5.74) is 1.89. The lowest BCUT2D eigenvalue weighted by molar-refractivity contribution is -0.136. The number of carbonyl (C=O) groups is 1. The van der Waals surface area contributed by atoms with E-state index >= 15 is 0 Å². The van der Waals surface area contributed by atoms with Crippen LogP contribution in [-0.2, 0) is 14.3 Å². The summed E-state index contributed by atoms with van der Waals surface area (Å²) in [5, 5.41) is 2.47. The molecule has 0 N–H and O–H groups in total. The molecule has 3 heteroatoms. The Kier molecular flexibility index (Phi) is 3.65. The number of carbonyl (C=O) groups excluding carboxylic acids is 1. The molecule has 2 unspecified atom stereocenters. The minimum Gasteiger partial charge on any atom is -0.504 e. The molecule has 108 valence electrons. The summed E-state index contributed by atoms with van der Waals surface area (Å²) in [4.78, 5) is 11.8. The van der Waals surface area contributed by atoms with Gasteiger partial charge in [0.15, 0.2) is 0 Å². The van der Waals surface area contributed by atoms with Crippen molar-refractivity contribution in [3.8, 4) is 0 Å². The number of fused-ring (bicyclic) bond motifs is 1. The third-order valence-electron chi connectivity index (χ3n) is 4.06. The molecule has 21 heavy (non-hydrogen) atoms. The molecule has 1 saturated carbocycles. The highest BCUT2D eigenvalue weighted by molar-refractivity contribution is 5.90. The van der Waals surface area contributed by atoms with Crippen molar-refractivity contribution < 1.29 is 14.3 Å². The highest BCUT2D eigenvalue weighted by Gasteiger charge is 2.44. The Labute approximate surface area is 124 Å². The largest absolute Gasteiger partial charge is 0.504 e. The zero-order valence-electron chi connectivity index (χ0n) is 12.2. The molecule has 1 fully saturated rings. The van der Waals surface area contributed by atoms with Crippen LogP contribution in [0.25, 0.3) is 10.8 Å². The van der Waals surface area contributed by atoms with Gasteiger partial charge in [-0.1, -0.05) is 42.5 Å². The Morgan fingerprint density at radius 1 is 1.14 bits per heavy atom. The average Bonchev–Trinajstić information content (AvgIpc) is 3.31. The maximum absolute atomic E-state index is 11.8. The highest BCUT2D eigenvalue weighted by atomic mass is 16.5. The zero-order chi connectivity index (χ0) is 14.8. The number of hydrogen-bond acceptors (Lipinski definition) is 3. The lowest BCUT2D eigenvalue weighted by Gasteiger charge is -2.06. The number of hydrogen-bond donors (Lipinski definition) is 0. The number of benzene rings is 2. The van der Waals surface area contributed by atoms with Gasteiger partial charge in [0.05, 0.1) is 26.1 Å². The summed E-state index contributed by atoms with van der Waals surface area (Å²) in [6, 6.07) is 14.8. The van der Waals surface area contributed by atoms with Gasteiger partial charge in [-0.15, -0.1) is 0 Å². The van der Waals surface area contributed by atoms with E-state index in [1.54, 1.807) is 7.11 Å². The average molecular weight is 282 g/mol. The van der Waals surface area contributed by atoms with Crippen LogP contribution in [0.4, 0.5) is 0 Å². The maximum Gasteiger partial charge on any atom is 0.337 e. The van der Waals surface area contributed by atoms with Crippen LogP contribution in [0.1, 0.15) is 17.9 Å². The molecule has 2 aromatic rings. The molecule has 1 aliphatic carbocycles. The van der Waals surface area contributed by atoms with Crippen molar-refractivity contribution in [2.24, 2.45) is 5.92 Å². The third kappa shape index (κ3) is 2.64. The molecule has 0 bridgehead atoms. The zero-order valence-corrected chi connectivity index (χ0v) is 12.2. The summed E-state index contributed by atoms with van der Waals surface area (Å²) < 4.78 is 9.85. The molecule has 2 atom stereocenters. The van der Waals surface area contributed by atoms with Crippen molar-refractivity contribution in [2.45, 2.75) is 12.3 Å². The van der Waals surface area contributed by atoms with E-state index in [4.69, 9.17) is 9.47 Å². The molecule has 0 spiro atoms. The number of esters is 1. The molecular weight excluding hydrogens is 264 g/mol. The van der Waals surface area contributed by atoms with Gasteiger partial charge in [-0.05, 0) is 28.7 Å². The number of methoxy groups -OCH3 is 2. The standard InChI is InChI=1S/C18H18O3/c1-20-11-17(18(19)21-2)16-10-15(16)14-8-7-12-5-3-4-6-13(12)9-14/h3-9,11,15-16H,10H2,1-2H3/b17-11-. The summed E-state index contributed by atoms with van der Waals surface area (Å²) >= 11 is 0. The fourth-order valence-corrected chi connectivity index (χ4v) is 2.88. The van der Waals surface area contributed by atoms with E-state index in [1.165, 1.54) is 29.7 Å². The second kappa shape index (κ2) is 5.60. The van der Waals surface area contributed by atoms with Gasteiger partial charge in [-0.25, -0.2) is 4.79 Å². The molecule has 3 rings (SSSR count). The predicted octanol–water partition coefficient (Wildman–Crippen LogP) is 3.65. The third-order valence-corrected chi connectivity index (χ3v) is 4.06. The Morgan fingerprint density at radius 3 is 2.62 bits per heavy atom. The van der Waals surface area contributed by atoms with Crippen LogP contribution >= 0.6 is 0 Å². The van der Waals surface area contributed by atoms with Crippen LogP contribution in [0.5, 0.6) is 0 Å². The lowest BCUT2D eigenvalue weighted by Crippen LogP contribution is -2.08. The molecule has 0 saturated heterocycles. The Morgan fingerprint density at radius 2 is 1.90 bits per heavy atom. The topological polar surface area (TPSA) is 35.5 Å². The van der Waals surface area contributed by atoms with Crippen LogP contribution in [-0.4, -0.2) is 20.2 Å². The van der Waals surface area contributed by atoms with Crippen molar-refractivity contribution in [3.63, 3.8) is 0 Å². The van der Waals surface area contributed by atoms with E-state index in [-0.39, 0.29) is 11.9 Å². The van der Waals surface area contributed by atoms with E-state index in [0.29, 0.717) is 11.5 Å². The summed E-state index contributed by atoms with van der Waals surface area (Å²) in [7, 11) is 2.95. The van der Waals surface area contributed by atoms with Crippen molar-refractivity contribution in [1.29, 1.82) is 0 Å². The normalized spacial score (nSPS) is 21.1.